The van der Waals surface area contributed by atoms with Crippen molar-refractivity contribution in [3.63, 3.8) is 0 Å². The standard InChI is InChI=1S/C53H34N2.C13H10N2/c1-2-16-44(17-3-1)55-50-21-11-10-20-49(50)54-53(55)38-26-22-37(23-27-38)41-30-31-47-48(34-41)52(43-29-25-36-13-5-7-15-40(36)33-43)46-19-9-8-18-45(46)51(47)42-28-24-35-12-4-6-14-39(35)32-42;1-2-6-10(7-3-1)13-14-11-8-4-5-9-12(11)15-13/h1-34H;1-9H,(H,14,15). The highest BCUT2D eigenvalue weighted by molar-refractivity contribution is 6.22. The minimum Gasteiger partial charge on any atom is -0.338 e. The molecule has 0 aliphatic rings. The molecule has 4 nitrogen and oxygen atoms in total. The van der Waals surface area contributed by atoms with Gasteiger partial charge in [-0.25, -0.2) is 9.97 Å². The van der Waals surface area contributed by atoms with Crippen LogP contribution in [0.2, 0.25) is 0 Å². The van der Waals surface area contributed by atoms with Crippen LogP contribution in [0.5, 0.6) is 0 Å². The van der Waals surface area contributed by atoms with Crippen molar-refractivity contribution < 1.29 is 0 Å². The first kappa shape index (κ1) is 40.9. The highest BCUT2D eigenvalue weighted by Crippen LogP contribution is 2.46. The zero-order valence-electron chi connectivity index (χ0n) is 38.2. The van der Waals surface area contributed by atoms with Crippen LogP contribution < -0.4 is 0 Å². The molecule has 1 N–H and O–H groups in total. The zero-order valence-corrected chi connectivity index (χ0v) is 38.2. The highest BCUT2D eigenvalue weighted by atomic mass is 15.1. The smallest absolute Gasteiger partial charge is 0.145 e. The molecule has 0 saturated carbocycles. The van der Waals surface area contributed by atoms with E-state index in [0.717, 1.165) is 56.1 Å². The van der Waals surface area contributed by atoms with Gasteiger partial charge in [0.2, 0.25) is 0 Å². The van der Waals surface area contributed by atoms with E-state index in [1.54, 1.807) is 0 Å². The molecule has 70 heavy (non-hydrogen) atoms. The van der Waals surface area contributed by atoms with Crippen LogP contribution in [0, 0.1) is 0 Å². The van der Waals surface area contributed by atoms with Gasteiger partial charge in [0.25, 0.3) is 0 Å². The number of aromatic amines is 1. The summed E-state index contributed by atoms with van der Waals surface area (Å²) < 4.78 is 2.26. The second-order valence-corrected chi connectivity index (χ2v) is 17.8. The Labute approximate surface area is 405 Å². The van der Waals surface area contributed by atoms with Gasteiger partial charge in [0.1, 0.15) is 11.6 Å². The molecular formula is C66H44N4. The number of hydrogen-bond donors (Lipinski definition) is 1. The Hall–Kier alpha value is -9.38. The number of imidazole rings is 2. The largest absolute Gasteiger partial charge is 0.338 e. The SMILES string of the molecule is c1ccc(-c2nc3ccccc3[nH]2)cc1.c1ccc(-n2c(-c3ccc(-c4ccc5c(-c6ccc7ccccc7c6)c6ccccc6c(-c6ccc7ccccc7c6)c5c4)cc3)nc3ccccc32)cc1. The van der Waals surface area contributed by atoms with E-state index in [-0.39, 0.29) is 0 Å². The monoisotopic (exact) mass is 892 g/mol. The van der Waals surface area contributed by atoms with Crippen molar-refractivity contribution >= 4 is 65.2 Å². The summed E-state index contributed by atoms with van der Waals surface area (Å²) in [5.41, 5.74) is 14.8. The lowest BCUT2D eigenvalue weighted by Crippen LogP contribution is -1.97. The lowest BCUT2D eigenvalue weighted by Gasteiger charge is -2.19. The maximum absolute atomic E-state index is 5.12. The predicted octanol–water partition coefficient (Wildman–Crippen LogP) is 17.5. The fraction of sp³-hybridized carbons (Fsp3) is 0. The summed E-state index contributed by atoms with van der Waals surface area (Å²) in [5.74, 6) is 1.86. The van der Waals surface area contributed by atoms with Crippen LogP contribution in [0.3, 0.4) is 0 Å². The average Bonchev–Trinajstić information content (AvgIpc) is 4.06. The molecule has 0 fully saturated rings. The highest BCUT2D eigenvalue weighted by Gasteiger charge is 2.19. The lowest BCUT2D eigenvalue weighted by molar-refractivity contribution is 1.10. The summed E-state index contributed by atoms with van der Waals surface area (Å²) in [7, 11) is 0. The molecule has 0 amide bonds. The summed E-state index contributed by atoms with van der Waals surface area (Å²) in [6.45, 7) is 0. The number of H-pyrrole nitrogens is 1. The fourth-order valence-electron chi connectivity index (χ4n) is 10.2. The Morgan fingerprint density at radius 3 is 1.47 bits per heavy atom. The van der Waals surface area contributed by atoms with Gasteiger partial charge in [-0.2, -0.15) is 0 Å². The van der Waals surface area contributed by atoms with Gasteiger partial charge in [-0.1, -0.05) is 206 Å². The molecule has 0 unspecified atom stereocenters. The maximum atomic E-state index is 5.12. The summed E-state index contributed by atoms with van der Waals surface area (Å²) in [4.78, 5) is 12.9. The second kappa shape index (κ2) is 17.4. The molecule has 0 saturated heterocycles. The molecule has 2 heterocycles. The lowest BCUT2D eigenvalue weighted by atomic mass is 9.84. The first-order valence-electron chi connectivity index (χ1n) is 23.8. The van der Waals surface area contributed by atoms with E-state index in [1.165, 1.54) is 70.9 Å². The first-order chi connectivity index (χ1) is 34.7. The van der Waals surface area contributed by atoms with Crippen LogP contribution in [-0.4, -0.2) is 19.5 Å². The van der Waals surface area contributed by atoms with Crippen LogP contribution in [0.4, 0.5) is 0 Å². The number of nitrogens with one attached hydrogen (secondary N) is 1. The van der Waals surface area contributed by atoms with Gasteiger partial charge in [-0.3, -0.25) is 4.57 Å². The number of aromatic nitrogens is 4. The molecular weight excluding hydrogens is 849 g/mol. The maximum Gasteiger partial charge on any atom is 0.145 e. The van der Waals surface area contributed by atoms with Crippen molar-refractivity contribution in [1.82, 2.24) is 19.5 Å². The van der Waals surface area contributed by atoms with Crippen LogP contribution in [0.15, 0.2) is 261 Å². The van der Waals surface area contributed by atoms with Crippen molar-refractivity contribution in [2.75, 3.05) is 0 Å². The Bertz CT molecular complexity index is 4190. The van der Waals surface area contributed by atoms with Crippen LogP contribution in [-0.2, 0) is 0 Å². The van der Waals surface area contributed by atoms with E-state index in [2.05, 4.69) is 233 Å². The summed E-state index contributed by atoms with van der Waals surface area (Å²) >= 11 is 0. The minimum absolute atomic E-state index is 0.928. The van der Waals surface area contributed by atoms with Gasteiger partial charge in [0.05, 0.1) is 22.1 Å². The molecule has 14 rings (SSSR count). The number of nitrogens with zero attached hydrogens (tertiary/aromatic N) is 3. The second-order valence-electron chi connectivity index (χ2n) is 17.8. The van der Waals surface area contributed by atoms with Crippen molar-refractivity contribution in [2.24, 2.45) is 0 Å². The van der Waals surface area contributed by atoms with E-state index in [1.807, 2.05) is 42.5 Å². The molecule has 14 aromatic rings. The Morgan fingerprint density at radius 2 is 0.800 bits per heavy atom. The van der Waals surface area contributed by atoms with Crippen LogP contribution in [0.1, 0.15) is 0 Å². The third-order valence-electron chi connectivity index (χ3n) is 13.6. The van der Waals surface area contributed by atoms with Crippen LogP contribution in [0.25, 0.3) is 127 Å². The molecule has 0 bridgehead atoms. The Balaban J connectivity index is 0.000000272. The van der Waals surface area contributed by atoms with Gasteiger partial charge >= 0.3 is 0 Å². The van der Waals surface area contributed by atoms with E-state index in [4.69, 9.17) is 4.98 Å². The fourth-order valence-corrected chi connectivity index (χ4v) is 10.2. The third kappa shape index (κ3) is 7.36. The summed E-state index contributed by atoms with van der Waals surface area (Å²) in [5, 5.41) is 9.97. The number of benzene rings is 12. The predicted molar refractivity (Wildman–Crippen MR) is 294 cm³/mol. The normalized spacial score (nSPS) is 11.4. The first-order valence-corrected chi connectivity index (χ1v) is 23.8. The van der Waals surface area contributed by atoms with Crippen molar-refractivity contribution in [2.45, 2.75) is 0 Å². The van der Waals surface area contributed by atoms with Gasteiger partial charge < -0.3 is 4.98 Å². The summed E-state index contributed by atoms with van der Waals surface area (Å²) in [6, 6.07) is 93.0. The molecule has 0 aliphatic heterocycles. The van der Waals surface area contributed by atoms with Gasteiger partial charge in [-0.05, 0) is 131 Å². The molecule has 328 valence electrons. The van der Waals surface area contributed by atoms with E-state index in [9.17, 15) is 0 Å². The molecule has 0 atom stereocenters. The van der Waals surface area contributed by atoms with Gasteiger partial charge in [-0.15, -0.1) is 0 Å². The van der Waals surface area contributed by atoms with E-state index < -0.39 is 0 Å². The summed E-state index contributed by atoms with van der Waals surface area (Å²) in [6.07, 6.45) is 0. The average molecular weight is 893 g/mol. The molecule has 2 aromatic heterocycles. The van der Waals surface area contributed by atoms with Crippen molar-refractivity contribution in [3.8, 4) is 61.8 Å². The molecule has 12 aromatic carbocycles. The Kier molecular flexibility index (Phi) is 10.1. The minimum atomic E-state index is 0.928. The van der Waals surface area contributed by atoms with Gasteiger partial charge in [0.15, 0.2) is 0 Å². The number of rotatable bonds is 6. The molecule has 0 spiro atoms. The van der Waals surface area contributed by atoms with E-state index >= 15 is 0 Å². The number of hydrogen-bond acceptors (Lipinski definition) is 2. The molecule has 0 aliphatic carbocycles. The quantitative estimate of drug-likeness (QED) is 0.169. The van der Waals surface area contributed by atoms with Crippen molar-refractivity contribution in [1.29, 1.82) is 0 Å². The molecule has 0 radical (unpaired) electrons. The zero-order chi connectivity index (χ0) is 46.4. The number of fused-ring (bicyclic) bond motifs is 6. The van der Waals surface area contributed by atoms with Crippen molar-refractivity contribution in [3.05, 3.63) is 261 Å². The van der Waals surface area contributed by atoms with Gasteiger partial charge in [0, 0.05) is 16.8 Å². The Morgan fingerprint density at radius 1 is 0.300 bits per heavy atom. The topological polar surface area (TPSA) is 46.5 Å². The van der Waals surface area contributed by atoms with Crippen LogP contribution >= 0.6 is 0 Å². The number of para-hydroxylation sites is 5. The third-order valence-corrected chi connectivity index (χ3v) is 13.6. The molecule has 4 heteroatoms. The van der Waals surface area contributed by atoms with E-state index in [0.29, 0.717) is 0 Å².